The first-order valence-electron chi connectivity index (χ1n) is 6.56. The van der Waals surface area contributed by atoms with Crippen molar-refractivity contribution in [2.45, 2.75) is 19.4 Å². The molecular weight excluding hydrogens is 306 g/mol. The summed E-state index contributed by atoms with van der Waals surface area (Å²) in [4.78, 5) is 14.5. The Hall–Kier alpha value is -1.29. The van der Waals surface area contributed by atoms with Crippen LogP contribution in [0.25, 0.3) is 11.0 Å². The van der Waals surface area contributed by atoms with E-state index < -0.39 is 0 Å². The molecule has 19 heavy (non-hydrogen) atoms. The summed E-state index contributed by atoms with van der Waals surface area (Å²) >= 11 is 3.51. The van der Waals surface area contributed by atoms with Gasteiger partial charge < -0.3 is 9.32 Å². The summed E-state index contributed by atoms with van der Waals surface area (Å²) in [6.45, 7) is 3.01. The zero-order valence-electron chi connectivity index (χ0n) is 10.8. The van der Waals surface area contributed by atoms with Crippen LogP contribution in [-0.2, 0) is 0 Å². The van der Waals surface area contributed by atoms with Gasteiger partial charge in [0, 0.05) is 23.3 Å². The van der Waals surface area contributed by atoms with E-state index in [-0.39, 0.29) is 11.9 Å². The normalized spacial score (nSPS) is 23.2. The van der Waals surface area contributed by atoms with Crippen LogP contribution in [0, 0.1) is 5.92 Å². The predicted octanol–water partition coefficient (Wildman–Crippen LogP) is 3.68. The molecule has 0 bridgehead atoms. The summed E-state index contributed by atoms with van der Waals surface area (Å²) in [5.41, 5.74) is 0.772. The van der Waals surface area contributed by atoms with Crippen molar-refractivity contribution in [3.8, 4) is 0 Å². The standard InChI is InChI=1S/C15H16BrNO2/c1-10-6-7-17(12(10)9-16)15(18)14-8-11-4-2-3-5-13(11)19-14/h2-5,8,10,12H,6-7,9H2,1H3. The highest BCUT2D eigenvalue weighted by Gasteiger charge is 2.35. The zero-order valence-corrected chi connectivity index (χ0v) is 12.4. The first kappa shape index (κ1) is 12.7. The molecule has 100 valence electrons. The summed E-state index contributed by atoms with van der Waals surface area (Å²) in [6.07, 6.45) is 1.06. The summed E-state index contributed by atoms with van der Waals surface area (Å²) in [5, 5.41) is 1.80. The molecule has 0 saturated carbocycles. The minimum absolute atomic E-state index is 0.00463. The number of rotatable bonds is 2. The van der Waals surface area contributed by atoms with Gasteiger partial charge in [0.1, 0.15) is 5.58 Å². The van der Waals surface area contributed by atoms with Gasteiger partial charge in [-0.3, -0.25) is 4.79 Å². The maximum Gasteiger partial charge on any atom is 0.289 e. The molecule has 1 amide bonds. The number of hydrogen-bond acceptors (Lipinski definition) is 2. The van der Waals surface area contributed by atoms with E-state index in [1.165, 1.54) is 0 Å². The van der Waals surface area contributed by atoms with Crippen molar-refractivity contribution in [2.24, 2.45) is 5.92 Å². The summed E-state index contributed by atoms with van der Waals surface area (Å²) < 4.78 is 5.66. The predicted molar refractivity (Wildman–Crippen MR) is 78.6 cm³/mol. The van der Waals surface area contributed by atoms with Crippen molar-refractivity contribution in [3.05, 3.63) is 36.1 Å². The van der Waals surface area contributed by atoms with Crippen LogP contribution in [-0.4, -0.2) is 28.7 Å². The fourth-order valence-corrected chi connectivity index (χ4v) is 3.71. The highest BCUT2D eigenvalue weighted by Crippen LogP contribution is 2.28. The molecule has 2 aromatic rings. The van der Waals surface area contributed by atoms with E-state index in [4.69, 9.17) is 4.42 Å². The largest absolute Gasteiger partial charge is 0.451 e. The highest BCUT2D eigenvalue weighted by atomic mass is 79.9. The number of alkyl halides is 1. The van der Waals surface area contributed by atoms with Gasteiger partial charge in [0.2, 0.25) is 0 Å². The molecule has 0 spiro atoms. The molecule has 0 radical (unpaired) electrons. The van der Waals surface area contributed by atoms with Crippen LogP contribution >= 0.6 is 15.9 Å². The molecule has 1 saturated heterocycles. The fraction of sp³-hybridized carbons (Fsp3) is 0.400. The molecule has 0 aliphatic carbocycles. The van der Waals surface area contributed by atoms with E-state index in [1.54, 1.807) is 0 Å². The van der Waals surface area contributed by atoms with Gasteiger partial charge >= 0.3 is 0 Å². The van der Waals surface area contributed by atoms with Crippen LogP contribution in [0.15, 0.2) is 34.7 Å². The Bertz CT molecular complexity index is 574. The lowest BCUT2D eigenvalue weighted by molar-refractivity contribution is 0.0709. The van der Waals surface area contributed by atoms with Crippen molar-refractivity contribution in [1.82, 2.24) is 4.90 Å². The van der Waals surface area contributed by atoms with Gasteiger partial charge in [0.25, 0.3) is 5.91 Å². The second-order valence-electron chi connectivity index (χ2n) is 5.13. The Labute approximate surface area is 120 Å². The third kappa shape index (κ3) is 2.18. The highest BCUT2D eigenvalue weighted by molar-refractivity contribution is 9.09. The number of hydrogen-bond donors (Lipinski definition) is 0. The number of furan rings is 1. The van der Waals surface area contributed by atoms with Crippen LogP contribution in [0.1, 0.15) is 23.9 Å². The van der Waals surface area contributed by atoms with E-state index in [1.807, 2.05) is 35.2 Å². The average molecular weight is 322 g/mol. The van der Waals surface area contributed by atoms with E-state index in [0.717, 1.165) is 29.3 Å². The molecule has 1 aliphatic rings. The molecule has 1 aliphatic heterocycles. The average Bonchev–Trinajstić information content (AvgIpc) is 3.00. The third-order valence-corrected chi connectivity index (χ3v) is 4.60. The van der Waals surface area contributed by atoms with Gasteiger partial charge in [-0.1, -0.05) is 41.1 Å². The molecule has 2 heterocycles. The van der Waals surface area contributed by atoms with E-state index >= 15 is 0 Å². The Balaban J connectivity index is 1.91. The molecule has 3 nitrogen and oxygen atoms in total. The van der Waals surface area contributed by atoms with Crippen LogP contribution < -0.4 is 0 Å². The Morgan fingerprint density at radius 1 is 1.47 bits per heavy atom. The lowest BCUT2D eigenvalue weighted by Crippen LogP contribution is -2.38. The van der Waals surface area contributed by atoms with Crippen LogP contribution in [0.3, 0.4) is 0 Å². The van der Waals surface area contributed by atoms with Crippen LogP contribution in [0.5, 0.6) is 0 Å². The number of nitrogens with zero attached hydrogens (tertiary/aromatic N) is 1. The molecular formula is C15H16BrNO2. The van der Waals surface area contributed by atoms with Gasteiger partial charge in [-0.15, -0.1) is 0 Å². The molecule has 4 heteroatoms. The number of amides is 1. The van der Waals surface area contributed by atoms with Crippen LogP contribution in [0.2, 0.25) is 0 Å². The first-order valence-corrected chi connectivity index (χ1v) is 7.68. The molecule has 2 atom stereocenters. The Kier molecular flexibility index (Phi) is 3.35. The van der Waals surface area contributed by atoms with Crippen molar-refractivity contribution in [3.63, 3.8) is 0 Å². The topological polar surface area (TPSA) is 33.5 Å². The van der Waals surface area contributed by atoms with Gasteiger partial charge in [-0.25, -0.2) is 0 Å². The van der Waals surface area contributed by atoms with E-state index in [9.17, 15) is 4.79 Å². The summed E-state index contributed by atoms with van der Waals surface area (Å²) in [7, 11) is 0. The minimum Gasteiger partial charge on any atom is -0.451 e. The molecule has 1 fully saturated rings. The summed E-state index contributed by atoms with van der Waals surface area (Å²) in [6, 6.07) is 9.82. The molecule has 3 rings (SSSR count). The van der Waals surface area contributed by atoms with Gasteiger partial charge in [-0.2, -0.15) is 0 Å². The number of carbonyl (C=O) groups excluding carboxylic acids is 1. The third-order valence-electron chi connectivity index (χ3n) is 3.94. The Morgan fingerprint density at radius 3 is 3.00 bits per heavy atom. The molecule has 2 unspecified atom stereocenters. The minimum atomic E-state index is 0.00463. The molecule has 1 aromatic carbocycles. The smallest absolute Gasteiger partial charge is 0.289 e. The first-order chi connectivity index (χ1) is 9.20. The Morgan fingerprint density at radius 2 is 2.26 bits per heavy atom. The summed E-state index contributed by atoms with van der Waals surface area (Å²) in [5.74, 6) is 0.985. The van der Waals surface area contributed by atoms with Crippen molar-refractivity contribution in [2.75, 3.05) is 11.9 Å². The second-order valence-corrected chi connectivity index (χ2v) is 5.78. The fourth-order valence-electron chi connectivity index (χ4n) is 2.72. The number of halogens is 1. The number of carbonyl (C=O) groups is 1. The maximum atomic E-state index is 12.5. The zero-order chi connectivity index (χ0) is 13.4. The van der Waals surface area contributed by atoms with Crippen molar-refractivity contribution in [1.29, 1.82) is 0 Å². The number of likely N-dealkylation sites (tertiary alicyclic amines) is 1. The maximum absolute atomic E-state index is 12.5. The van der Waals surface area contributed by atoms with Crippen molar-refractivity contribution >= 4 is 32.8 Å². The monoisotopic (exact) mass is 321 g/mol. The lowest BCUT2D eigenvalue weighted by atomic mass is 10.1. The number of para-hydroxylation sites is 1. The molecule has 0 N–H and O–H groups in total. The van der Waals surface area contributed by atoms with Crippen LogP contribution in [0.4, 0.5) is 0 Å². The van der Waals surface area contributed by atoms with Gasteiger partial charge in [-0.05, 0) is 24.5 Å². The molecule has 1 aromatic heterocycles. The van der Waals surface area contributed by atoms with Crippen molar-refractivity contribution < 1.29 is 9.21 Å². The SMILES string of the molecule is CC1CCN(C(=O)c2cc3ccccc3o2)C1CBr. The van der Waals surface area contributed by atoms with Gasteiger partial charge in [0.15, 0.2) is 5.76 Å². The van der Waals surface area contributed by atoms with E-state index in [0.29, 0.717) is 11.7 Å². The lowest BCUT2D eigenvalue weighted by Gasteiger charge is -2.24. The number of fused-ring (bicyclic) bond motifs is 1. The van der Waals surface area contributed by atoms with Gasteiger partial charge in [0.05, 0.1) is 0 Å². The second kappa shape index (κ2) is 5.00. The quantitative estimate of drug-likeness (QED) is 0.790. The van der Waals surface area contributed by atoms with E-state index in [2.05, 4.69) is 22.9 Å². The number of benzene rings is 1.